The zero-order valence-corrected chi connectivity index (χ0v) is 8.17. The first-order chi connectivity index (χ1) is 7.34. The van der Waals surface area contributed by atoms with Gasteiger partial charge in [0, 0.05) is 6.42 Å². The molecule has 0 fully saturated rings. The molecule has 8 nitrogen and oxygen atoms in total. The lowest BCUT2D eigenvalue weighted by molar-refractivity contribution is -0.149. The minimum Gasteiger partial charge on any atom is -0.481 e. The van der Waals surface area contributed by atoms with E-state index in [1.807, 2.05) is 0 Å². The van der Waals surface area contributed by atoms with Crippen LogP contribution in [0.5, 0.6) is 0 Å². The first-order valence-electron chi connectivity index (χ1n) is 4.28. The molecule has 0 aliphatic rings. The summed E-state index contributed by atoms with van der Waals surface area (Å²) in [6.07, 6.45) is -0.608. The van der Waals surface area contributed by atoms with Crippen molar-refractivity contribution in [1.29, 1.82) is 0 Å². The molecule has 0 saturated carbocycles. The molecule has 0 spiro atoms. The lowest BCUT2D eigenvalue weighted by atomic mass is 10.1. The van der Waals surface area contributed by atoms with Gasteiger partial charge in [-0.2, -0.15) is 0 Å². The molecule has 4 N–H and O–H groups in total. The standard InChI is InChI=1S/C8H11NO7/c10-5(8(15)16)3-9-4(7(13)14)1-2-6(11)12/h4,9H,1-3H2,(H,11,12)(H,13,14)(H,15,16). The number of carboxylic acids is 3. The van der Waals surface area contributed by atoms with Gasteiger partial charge in [0.15, 0.2) is 0 Å². The number of aliphatic carboxylic acids is 3. The first kappa shape index (κ1) is 14.0. The molecule has 0 saturated heterocycles. The fourth-order valence-corrected chi connectivity index (χ4v) is 0.872. The third-order valence-corrected chi connectivity index (χ3v) is 1.69. The van der Waals surface area contributed by atoms with Crippen LogP contribution in [0, 0.1) is 0 Å². The molecular formula is C8H11NO7. The Hall–Kier alpha value is -1.96. The third-order valence-electron chi connectivity index (χ3n) is 1.69. The van der Waals surface area contributed by atoms with Crippen molar-refractivity contribution in [2.45, 2.75) is 18.9 Å². The summed E-state index contributed by atoms with van der Waals surface area (Å²) < 4.78 is 0. The lowest BCUT2D eigenvalue weighted by Gasteiger charge is -2.11. The van der Waals surface area contributed by atoms with Crippen LogP contribution in [-0.4, -0.2) is 51.6 Å². The SMILES string of the molecule is O=C(O)CCC(NCC(=O)C(=O)O)C(=O)O. The second-order valence-corrected chi connectivity index (χ2v) is 2.93. The van der Waals surface area contributed by atoms with Crippen LogP contribution in [0.4, 0.5) is 0 Å². The van der Waals surface area contributed by atoms with Gasteiger partial charge >= 0.3 is 17.9 Å². The minimum absolute atomic E-state index is 0.225. The van der Waals surface area contributed by atoms with Gasteiger partial charge in [0.25, 0.3) is 5.78 Å². The highest BCUT2D eigenvalue weighted by molar-refractivity contribution is 6.33. The van der Waals surface area contributed by atoms with E-state index in [9.17, 15) is 19.2 Å². The summed E-state index contributed by atoms with van der Waals surface area (Å²) in [5.74, 6) is -5.35. The molecule has 0 rings (SSSR count). The Bertz CT molecular complexity index is 312. The Morgan fingerprint density at radius 3 is 2.00 bits per heavy atom. The van der Waals surface area contributed by atoms with Gasteiger partial charge in [-0.1, -0.05) is 0 Å². The molecule has 0 aliphatic carbocycles. The van der Waals surface area contributed by atoms with Crippen LogP contribution in [0.1, 0.15) is 12.8 Å². The molecule has 0 aromatic carbocycles. The molecule has 0 radical (unpaired) electrons. The highest BCUT2D eigenvalue weighted by atomic mass is 16.4. The largest absolute Gasteiger partial charge is 0.481 e. The topological polar surface area (TPSA) is 141 Å². The van der Waals surface area contributed by atoms with Gasteiger partial charge in [-0.05, 0) is 6.42 Å². The summed E-state index contributed by atoms with van der Waals surface area (Å²) in [5, 5.41) is 27.3. The monoisotopic (exact) mass is 233 g/mol. The van der Waals surface area contributed by atoms with Crippen molar-refractivity contribution in [2.24, 2.45) is 0 Å². The molecule has 90 valence electrons. The molecule has 0 amide bonds. The summed E-state index contributed by atoms with van der Waals surface area (Å²) in [7, 11) is 0. The highest BCUT2D eigenvalue weighted by Gasteiger charge is 2.20. The molecule has 16 heavy (non-hydrogen) atoms. The van der Waals surface area contributed by atoms with E-state index < -0.39 is 36.3 Å². The van der Waals surface area contributed by atoms with E-state index in [2.05, 4.69) is 5.32 Å². The summed E-state index contributed by atoms with van der Waals surface area (Å²) in [4.78, 5) is 41.5. The van der Waals surface area contributed by atoms with Crippen LogP contribution < -0.4 is 5.32 Å². The molecule has 0 aromatic rings. The van der Waals surface area contributed by atoms with Crippen molar-refractivity contribution >= 4 is 23.7 Å². The van der Waals surface area contributed by atoms with Crippen molar-refractivity contribution < 1.29 is 34.5 Å². The van der Waals surface area contributed by atoms with Gasteiger partial charge < -0.3 is 15.3 Å². The van der Waals surface area contributed by atoms with Crippen LogP contribution in [0.3, 0.4) is 0 Å². The Morgan fingerprint density at radius 2 is 1.62 bits per heavy atom. The predicted molar refractivity (Wildman–Crippen MR) is 48.9 cm³/mol. The van der Waals surface area contributed by atoms with E-state index in [0.29, 0.717) is 0 Å². The van der Waals surface area contributed by atoms with E-state index in [-0.39, 0.29) is 12.8 Å². The van der Waals surface area contributed by atoms with E-state index >= 15 is 0 Å². The van der Waals surface area contributed by atoms with Crippen molar-refractivity contribution in [3.05, 3.63) is 0 Å². The Balaban J connectivity index is 4.14. The number of Topliss-reactive ketones (excluding diaryl/α,β-unsaturated/α-hetero) is 1. The smallest absolute Gasteiger partial charge is 0.373 e. The summed E-state index contributed by atoms with van der Waals surface area (Å²) in [6.45, 7) is -0.647. The van der Waals surface area contributed by atoms with Crippen molar-refractivity contribution in [3.8, 4) is 0 Å². The average molecular weight is 233 g/mol. The van der Waals surface area contributed by atoms with E-state index in [4.69, 9.17) is 15.3 Å². The van der Waals surface area contributed by atoms with E-state index in [1.165, 1.54) is 0 Å². The number of carboxylic acid groups (broad SMARTS) is 3. The Labute approximate surface area is 89.9 Å². The molecule has 0 aliphatic heterocycles. The predicted octanol–water partition coefficient (Wildman–Crippen LogP) is -1.45. The number of ketones is 1. The van der Waals surface area contributed by atoms with Gasteiger partial charge in [-0.15, -0.1) is 0 Å². The van der Waals surface area contributed by atoms with Crippen LogP contribution in [0.2, 0.25) is 0 Å². The Kier molecular flexibility index (Phi) is 5.71. The zero-order chi connectivity index (χ0) is 12.7. The second kappa shape index (κ2) is 6.51. The number of hydrogen-bond donors (Lipinski definition) is 4. The maximum Gasteiger partial charge on any atom is 0.373 e. The van der Waals surface area contributed by atoms with Gasteiger partial charge in [-0.3, -0.25) is 19.7 Å². The second-order valence-electron chi connectivity index (χ2n) is 2.93. The average Bonchev–Trinajstić information content (AvgIpc) is 2.15. The van der Waals surface area contributed by atoms with Crippen molar-refractivity contribution in [3.63, 3.8) is 0 Å². The number of carbonyl (C=O) groups is 4. The molecule has 0 bridgehead atoms. The summed E-state index contributed by atoms with van der Waals surface area (Å²) in [5.41, 5.74) is 0. The molecular weight excluding hydrogens is 222 g/mol. The lowest BCUT2D eigenvalue weighted by Crippen LogP contribution is -2.41. The molecule has 1 unspecified atom stereocenters. The fraction of sp³-hybridized carbons (Fsp3) is 0.500. The minimum atomic E-state index is -1.67. The number of nitrogens with one attached hydrogen (secondary N) is 1. The van der Waals surface area contributed by atoms with Crippen LogP contribution in [0.15, 0.2) is 0 Å². The number of rotatable bonds is 8. The van der Waals surface area contributed by atoms with Crippen molar-refractivity contribution in [1.82, 2.24) is 5.32 Å². The quantitative estimate of drug-likeness (QED) is 0.373. The summed E-state index contributed by atoms with van der Waals surface area (Å²) in [6, 6.07) is -1.25. The zero-order valence-electron chi connectivity index (χ0n) is 8.17. The molecule has 1 atom stereocenters. The van der Waals surface area contributed by atoms with Gasteiger partial charge in [0.2, 0.25) is 0 Å². The number of hydrogen-bond acceptors (Lipinski definition) is 5. The summed E-state index contributed by atoms with van der Waals surface area (Å²) >= 11 is 0. The number of carbonyl (C=O) groups excluding carboxylic acids is 1. The van der Waals surface area contributed by atoms with Crippen molar-refractivity contribution in [2.75, 3.05) is 6.54 Å². The maximum absolute atomic E-state index is 10.6. The Morgan fingerprint density at radius 1 is 1.06 bits per heavy atom. The molecule has 8 heteroatoms. The van der Waals surface area contributed by atoms with Crippen LogP contribution in [0.25, 0.3) is 0 Å². The fourth-order valence-electron chi connectivity index (χ4n) is 0.872. The van der Waals surface area contributed by atoms with E-state index in [0.717, 1.165) is 0 Å². The van der Waals surface area contributed by atoms with Gasteiger partial charge in [-0.25, -0.2) is 4.79 Å². The van der Waals surface area contributed by atoms with Crippen LogP contribution >= 0.6 is 0 Å². The normalized spacial score (nSPS) is 11.8. The highest BCUT2D eigenvalue weighted by Crippen LogP contribution is 1.97. The van der Waals surface area contributed by atoms with Crippen LogP contribution in [-0.2, 0) is 19.2 Å². The molecule has 0 aromatic heterocycles. The van der Waals surface area contributed by atoms with Gasteiger partial charge in [0.1, 0.15) is 6.04 Å². The van der Waals surface area contributed by atoms with E-state index in [1.54, 1.807) is 0 Å². The third kappa shape index (κ3) is 5.70. The maximum atomic E-state index is 10.6. The molecule has 0 heterocycles. The first-order valence-corrected chi connectivity index (χ1v) is 4.28. The van der Waals surface area contributed by atoms with Gasteiger partial charge in [0.05, 0.1) is 6.54 Å².